The van der Waals surface area contributed by atoms with Crippen molar-refractivity contribution < 1.29 is 14.6 Å². The van der Waals surface area contributed by atoms with Crippen molar-refractivity contribution in [1.82, 2.24) is 0 Å². The first-order valence-electron chi connectivity index (χ1n) is 8.51. The molecule has 2 fully saturated rings. The summed E-state index contributed by atoms with van der Waals surface area (Å²) in [7, 11) is 0. The topological polar surface area (TPSA) is 46.5 Å². The van der Waals surface area contributed by atoms with Crippen LogP contribution in [-0.4, -0.2) is 23.8 Å². The van der Waals surface area contributed by atoms with Crippen molar-refractivity contribution >= 4 is 5.97 Å². The Labute approximate surface area is 129 Å². The Morgan fingerprint density at radius 1 is 1.33 bits per heavy atom. The number of aliphatic hydroxyl groups excluding tert-OH is 1. The molecule has 2 aliphatic rings. The Bertz CT molecular complexity index is 384. The molecule has 0 aromatic heterocycles. The lowest BCUT2D eigenvalue weighted by Crippen LogP contribution is -2.42. The zero-order valence-electron chi connectivity index (χ0n) is 14.3. The van der Waals surface area contributed by atoms with E-state index in [1.807, 2.05) is 20.8 Å². The van der Waals surface area contributed by atoms with E-state index in [0.29, 0.717) is 24.4 Å². The molecule has 2 aliphatic carbocycles. The minimum atomic E-state index is -0.428. The molecule has 21 heavy (non-hydrogen) atoms. The molecule has 0 saturated heterocycles. The lowest BCUT2D eigenvalue weighted by molar-refractivity contribution is -0.155. The highest BCUT2D eigenvalue weighted by Gasteiger charge is 2.52. The van der Waals surface area contributed by atoms with E-state index in [4.69, 9.17) is 4.74 Å². The van der Waals surface area contributed by atoms with Gasteiger partial charge < -0.3 is 9.84 Å². The first-order chi connectivity index (χ1) is 9.66. The molecule has 0 aromatic carbocycles. The molecule has 0 spiro atoms. The summed E-state index contributed by atoms with van der Waals surface area (Å²) in [6, 6.07) is 0. The molecular formula is C18H32O3. The van der Waals surface area contributed by atoms with Gasteiger partial charge in [-0.25, -0.2) is 0 Å². The van der Waals surface area contributed by atoms with Crippen molar-refractivity contribution in [2.75, 3.05) is 6.61 Å². The predicted octanol–water partition coefficient (Wildman–Crippen LogP) is 3.79. The van der Waals surface area contributed by atoms with E-state index in [1.54, 1.807) is 0 Å². The number of hydrogen-bond acceptors (Lipinski definition) is 3. The fourth-order valence-corrected chi connectivity index (χ4v) is 4.66. The van der Waals surface area contributed by atoms with Crippen LogP contribution in [0.15, 0.2) is 0 Å². The highest BCUT2D eigenvalue weighted by molar-refractivity contribution is 5.75. The summed E-state index contributed by atoms with van der Waals surface area (Å²) in [6.07, 6.45) is 5.45. The van der Waals surface area contributed by atoms with Crippen LogP contribution in [0.2, 0.25) is 0 Å². The summed E-state index contributed by atoms with van der Waals surface area (Å²) >= 11 is 0. The first-order valence-corrected chi connectivity index (χ1v) is 8.51. The van der Waals surface area contributed by atoms with Gasteiger partial charge in [0, 0.05) is 0 Å². The molecule has 5 atom stereocenters. The normalized spacial score (nSPS) is 37.9. The van der Waals surface area contributed by atoms with Crippen molar-refractivity contribution in [3.8, 4) is 0 Å². The second-order valence-corrected chi connectivity index (χ2v) is 8.58. The summed E-state index contributed by atoms with van der Waals surface area (Å²) in [6.45, 7) is 10.7. The van der Waals surface area contributed by atoms with Crippen molar-refractivity contribution in [1.29, 1.82) is 0 Å². The summed E-state index contributed by atoms with van der Waals surface area (Å²) in [5.41, 5.74) is -0.200. The second kappa shape index (κ2) is 5.91. The van der Waals surface area contributed by atoms with E-state index >= 15 is 0 Å². The molecule has 0 unspecified atom stereocenters. The summed E-state index contributed by atoms with van der Waals surface area (Å²) in [5.74, 6) is 1.26. The predicted molar refractivity (Wildman–Crippen MR) is 83.8 cm³/mol. The lowest BCUT2D eigenvalue weighted by atomic mass is 9.62. The second-order valence-electron chi connectivity index (χ2n) is 8.58. The molecule has 0 bridgehead atoms. The van der Waals surface area contributed by atoms with E-state index < -0.39 is 5.41 Å². The van der Waals surface area contributed by atoms with Gasteiger partial charge in [-0.2, -0.15) is 0 Å². The van der Waals surface area contributed by atoms with Gasteiger partial charge in [0.15, 0.2) is 0 Å². The number of ether oxygens (including phenoxy) is 1. The Hall–Kier alpha value is -0.570. The number of aliphatic hydroxyl groups is 1. The minimum Gasteiger partial charge on any atom is -0.465 e. The molecule has 0 aromatic rings. The van der Waals surface area contributed by atoms with Gasteiger partial charge in [-0.1, -0.05) is 20.3 Å². The fourth-order valence-electron chi connectivity index (χ4n) is 4.66. The largest absolute Gasteiger partial charge is 0.465 e. The average molecular weight is 296 g/mol. The van der Waals surface area contributed by atoms with Crippen LogP contribution in [0, 0.1) is 28.6 Å². The highest BCUT2D eigenvalue weighted by Crippen LogP contribution is 2.57. The quantitative estimate of drug-likeness (QED) is 0.806. The van der Waals surface area contributed by atoms with Crippen LogP contribution in [0.25, 0.3) is 0 Å². The van der Waals surface area contributed by atoms with Gasteiger partial charge in [-0.15, -0.1) is 0 Å². The maximum atomic E-state index is 11.9. The number of esters is 1. The maximum Gasteiger partial charge on any atom is 0.311 e. The van der Waals surface area contributed by atoms with Crippen LogP contribution < -0.4 is 0 Å². The van der Waals surface area contributed by atoms with Crippen LogP contribution in [0.3, 0.4) is 0 Å². The van der Waals surface area contributed by atoms with E-state index in [9.17, 15) is 9.90 Å². The zero-order valence-corrected chi connectivity index (χ0v) is 14.3. The van der Waals surface area contributed by atoms with Crippen molar-refractivity contribution in [3.05, 3.63) is 0 Å². The van der Waals surface area contributed by atoms with E-state index in [1.165, 1.54) is 6.42 Å². The molecule has 3 nitrogen and oxygen atoms in total. The smallest absolute Gasteiger partial charge is 0.311 e. The summed E-state index contributed by atoms with van der Waals surface area (Å²) in [5, 5.41) is 10.3. The molecule has 2 saturated carbocycles. The average Bonchev–Trinajstić information content (AvgIpc) is 2.73. The van der Waals surface area contributed by atoms with Gasteiger partial charge in [0.2, 0.25) is 0 Å². The molecule has 3 heteroatoms. The van der Waals surface area contributed by atoms with Gasteiger partial charge in [0.1, 0.15) is 0 Å². The molecule has 0 aliphatic heterocycles. The van der Waals surface area contributed by atoms with Gasteiger partial charge >= 0.3 is 5.97 Å². The molecule has 0 radical (unpaired) electrons. The third-order valence-corrected chi connectivity index (χ3v) is 5.94. The molecule has 1 N–H and O–H groups in total. The van der Waals surface area contributed by atoms with Crippen LogP contribution in [0.1, 0.15) is 66.7 Å². The van der Waals surface area contributed by atoms with Gasteiger partial charge in [-0.05, 0) is 69.6 Å². The van der Waals surface area contributed by atoms with Crippen LogP contribution >= 0.6 is 0 Å². The first kappa shape index (κ1) is 16.8. The molecule has 122 valence electrons. The molecule has 0 amide bonds. The van der Waals surface area contributed by atoms with Crippen molar-refractivity contribution in [3.63, 3.8) is 0 Å². The standard InChI is InChI=1S/C18H32O3/c1-12(11-21-16(20)17(2,3)4)13-8-9-14-15(19)7-6-10-18(13,14)5/h12-15,19H,6-11H2,1-5H3/t12-,13-,14+,15+,18-/m1/s1. The molecular weight excluding hydrogens is 264 g/mol. The van der Waals surface area contributed by atoms with E-state index in [0.717, 1.165) is 25.7 Å². The van der Waals surface area contributed by atoms with Crippen molar-refractivity contribution in [2.45, 2.75) is 72.8 Å². The van der Waals surface area contributed by atoms with Crippen LogP contribution in [0.4, 0.5) is 0 Å². The van der Waals surface area contributed by atoms with Gasteiger partial charge in [0.05, 0.1) is 18.1 Å². The van der Waals surface area contributed by atoms with E-state index in [-0.39, 0.29) is 17.5 Å². The molecule has 2 rings (SSSR count). The van der Waals surface area contributed by atoms with E-state index in [2.05, 4.69) is 13.8 Å². The SMILES string of the molecule is C[C@H](COC(=O)C(C)(C)C)[C@H]1CC[C@H]2[C@@H](O)CCC[C@]12C. The van der Waals surface area contributed by atoms with Gasteiger partial charge in [-0.3, -0.25) is 4.79 Å². The lowest BCUT2D eigenvalue weighted by Gasteiger charge is -2.45. The zero-order chi connectivity index (χ0) is 15.8. The highest BCUT2D eigenvalue weighted by atomic mass is 16.5. The Balaban J connectivity index is 1.97. The fraction of sp³-hybridized carbons (Fsp3) is 0.944. The van der Waals surface area contributed by atoms with Crippen LogP contribution in [-0.2, 0) is 9.53 Å². The molecule has 0 heterocycles. The summed E-state index contributed by atoms with van der Waals surface area (Å²) < 4.78 is 5.53. The third-order valence-electron chi connectivity index (χ3n) is 5.94. The number of carbonyl (C=O) groups is 1. The number of fused-ring (bicyclic) bond motifs is 1. The Morgan fingerprint density at radius 3 is 2.62 bits per heavy atom. The van der Waals surface area contributed by atoms with Gasteiger partial charge in [0.25, 0.3) is 0 Å². The Kier molecular flexibility index (Phi) is 4.72. The minimum absolute atomic E-state index is 0.113. The number of carbonyl (C=O) groups excluding carboxylic acids is 1. The summed E-state index contributed by atoms with van der Waals surface area (Å²) in [4.78, 5) is 11.9. The van der Waals surface area contributed by atoms with Crippen LogP contribution in [0.5, 0.6) is 0 Å². The number of hydrogen-bond donors (Lipinski definition) is 1. The number of rotatable bonds is 3. The maximum absolute atomic E-state index is 11.9. The van der Waals surface area contributed by atoms with Crippen molar-refractivity contribution in [2.24, 2.45) is 28.6 Å². The Morgan fingerprint density at radius 2 is 2.00 bits per heavy atom. The monoisotopic (exact) mass is 296 g/mol. The third kappa shape index (κ3) is 3.28.